The number of carbonyl (C=O) groups is 2. The third-order valence-corrected chi connectivity index (χ3v) is 5.26. The molecule has 0 aromatic heterocycles. The predicted molar refractivity (Wildman–Crippen MR) is 127 cm³/mol. The Bertz CT molecular complexity index is 1310. The zero-order chi connectivity index (χ0) is 23.2. The fraction of sp³-hybridized carbons (Fsp3) is 0.111. The Balaban J connectivity index is 1.57. The third kappa shape index (κ3) is 4.80. The minimum absolute atomic E-state index is 0.219. The number of nitrogens with one attached hydrogen (secondary N) is 1. The van der Waals surface area contributed by atoms with Crippen LogP contribution >= 0.6 is 0 Å². The number of esters is 1. The quantitative estimate of drug-likeness (QED) is 0.385. The lowest BCUT2D eigenvalue weighted by Crippen LogP contribution is -2.16. The van der Waals surface area contributed by atoms with Crippen molar-refractivity contribution in [2.24, 2.45) is 0 Å². The average Bonchev–Trinajstić information content (AvgIpc) is 2.87. The number of benzene rings is 4. The minimum Gasteiger partial charge on any atom is -0.496 e. The van der Waals surface area contributed by atoms with E-state index in [9.17, 15) is 9.59 Å². The van der Waals surface area contributed by atoms with Gasteiger partial charge in [0.25, 0.3) is 5.91 Å². The first-order chi connectivity index (χ1) is 16.1. The zero-order valence-corrected chi connectivity index (χ0v) is 18.3. The molecule has 4 aromatic rings. The van der Waals surface area contributed by atoms with E-state index >= 15 is 0 Å². The van der Waals surface area contributed by atoms with E-state index in [0.29, 0.717) is 17.0 Å². The van der Waals surface area contributed by atoms with Crippen molar-refractivity contribution < 1.29 is 23.8 Å². The highest BCUT2D eigenvalue weighted by Gasteiger charge is 2.16. The van der Waals surface area contributed by atoms with Crippen molar-refractivity contribution in [3.05, 3.63) is 102 Å². The number of carbonyl (C=O) groups excluding carboxylic acids is 2. The smallest absolute Gasteiger partial charge is 0.339 e. The molecule has 1 N–H and O–H groups in total. The van der Waals surface area contributed by atoms with Crippen molar-refractivity contribution >= 4 is 28.3 Å². The number of hydrogen-bond acceptors (Lipinski definition) is 5. The van der Waals surface area contributed by atoms with E-state index in [4.69, 9.17) is 14.2 Å². The molecule has 0 spiro atoms. The molecule has 0 radical (unpaired) electrons. The van der Waals surface area contributed by atoms with Crippen molar-refractivity contribution in [3.8, 4) is 11.5 Å². The van der Waals surface area contributed by atoms with Crippen LogP contribution in [-0.4, -0.2) is 26.1 Å². The summed E-state index contributed by atoms with van der Waals surface area (Å²) in [5.41, 5.74) is 1.78. The van der Waals surface area contributed by atoms with E-state index in [2.05, 4.69) is 5.32 Å². The number of rotatable bonds is 7. The highest BCUT2D eigenvalue weighted by Crippen LogP contribution is 2.28. The van der Waals surface area contributed by atoms with E-state index in [1.54, 1.807) is 49.6 Å². The second-order valence-corrected chi connectivity index (χ2v) is 7.28. The lowest BCUT2D eigenvalue weighted by Gasteiger charge is -2.14. The number of ether oxygens (including phenoxy) is 3. The highest BCUT2D eigenvalue weighted by molar-refractivity contribution is 6.08. The molecule has 1 amide bonds. The number of methoxy groups -OCH3 is 2. The maximum Gasteiger partial charge on any atom is 0.339 e. The Morgan fingerprint density at radius 3 is 2.39 bits per heavy atom. The SMILES string of the molecule is COC(=O)c1ccccc1NC(=O)c1ccc(OC)c(COc2cccc3ccccc23)c1. The van der Waals surface area contributed by atoms with Crippen molar-refractivity contribution in [2.75, 3.05) is 19.5 Å². The molecule has 33 heavy (non-hydrogen) atoms. The Hall–Kier alpha value is -4.32. The van der Waals surface area contributed by atoms with Gasteiger partial charge in [0.05, 0.1) is 25.5 Å². The fourth-order valence-corrected chi connectivity index (χ4v) is 3.58. The Kier molecular flexibility index (Phi) is 6.55. The molecular formula is C27H23NO5. The number of fused-ring (bicyclic) bond motifs is 1. The summed E-state index contributed by atoms with van der Waals surface area (Å²) in [6.45, 7) is 0.219. The van der Waals surface area contributed by atoms with E-state index < -0.39 is 5.97 Å². The van der Waals surface area contributed by atoms with Crippen LogP contribution in [0.5, 0.6) is 11.5 Å². The summed E-state index contributed by atoms with van der Waals surface area (Å²) < 4.78 is 16.4. The van der Waals surface area contributed by atoms with Gasteiger partial charge < -0.3 is 19.5 Å². The second kappa shape index (κ2) is 9.87. The summed E-state index contributed by atoms with van der Waals surface area (Å²) >= 11 is 0. The lowest BCUT2D eigenvalue weighted by molar-refractivity contribution is 0.0602. The van der Waals surface area contributed by atoms with Crippen LogP contribution in [0.4, 0.5) is 5.69 Å². The van der Waals surface area contributed by atoms with Gasteiger partial charge in [0.15, 0.2) is 0 Å². The van der Waals surface area contributed by atoms with Crippen LogP contribution in [0.1, 0.15) is 26.3 Å². The Morgan fingerprint density at radius 1 is 0.818 bits per heavy atom. The van der Waals surface area contributed by atoms with Gasteiger partial charge in [0.2, 0.25) is 0 Å². The summed E-state index contributed by atoms with van der Waals surface area (Å²) in [4.78, 5) is 24.9. The summed E-state index contributed by atoms with van der Waals surface area (Å²) in [6, 6.07) is 25.7. The first-order valence-corrected chi connectivity index (χ1v) is 10.4. The monoisotopic (exact) mass is 441 g/mol. The first-order valence-electron chi connectivity index (χ1n) is 10.4. The molecule has 6 heteroatoms. The van der Waals surface area contributed by atoms with Crippen LogP contribution in [0.25, 0.3) is 10.8 Å². The van der Waals surface area contributed by atoms with Gasteiger partial charge in [0.1, 0.15) is 18.1 Å². The summed E-state index contributed by atoms with van der Waals surface area (Å²) in [5, 5.41) is 4.87. The van der Waals surface area contributed by atoms with Gasteiger partial charge in [-0.15, -0.1) is 0 Å². The van der Waals surface area contributed by atoms with E-state index in [1.165, 1.54) is 7.11 Å². The summed E-state index contributed by atoms with van der Waals surface area (Å²) in [5.74, 6) is 0.476. The largest absolute Gasteiger partial charge is 0.496 e. The molecule has 0 saturated heterocycles. The second-order valence-electron chi connectivity index (χ2n) is 7.28. The maximum atomic E-state index is 12.9. The average molecular weight is 441 g/mol. The van der Waals surface area contributed by atoms with E-state index in [-0.39, 0.29) is 18.1 Å². The molecular weight excluding hydrogens is 418 g/mol. The number of anilines is 1. The van der Waals surface area contributed by atoms with Gasteiger partial charge in [-0.05, 0) is 41.8 Å². The summed E-state index contributed by atoms with van der Waals surface area (Å²) in [7, 11) is 2.87. The Labute approximate surface area is 191 Å². The minimum atomic E-state index is -0.523. The van der Waals surface area contributed by atoms with Gasteiger partial charge in [-0.2, -0.15) is 0 Å². The van der Waals surface area contributed by atoms with Crippen LogP contribution in [0.2, 0.25) is 0 Å². The van der Waals surface area contributed by atoms with Gasteiger partial charge >= 0.3 is 5.97 Å². The molecule has 0 unspecified atom stereocenters. The number of para-hydroxylation sites is 1. The van der Waals surface area contributed by atoms with Gasteiger partial charge in [-0.3, -0.25) is 4.79 Å². The standard InChI is InChI=1S/C27H23NO5/c1-31-24-15-14-19(26(29)28-23-12-6-5-11-22(23)27(30)32-2)16-20(24)17-33-25-13-7-9-18-8-3-4-10-21(18)25/h3-16H,17H2,1-2H3,(H,28,29). The summed E-state index contributed by atoms with van der Waals surface area (Å²) in [6.07, 6.45) is 0. The predicted octanol–water partition coefficient (Wildman–Crippen LogP) is 5.47. The molecule has 4 rings (SSSR count). The van der Waals surface area contributed by atoms with E-state index in [1.807, 2.05) is 42.5 Å². The fourth-order valence-electron chi connectivity index (χ4n) is 3.58. The molecule has 0 fully saturated rings. The lowest BCUT2D eigenvalue weighted by atomic mass is 10.1. The first kappa shape index (κ1) is 21.9. The van der Waals surface area contributed by atoms with Crippen molar-refractivity contribution in [3.63, 3.8) is 0 Å². The van der Waals surface area contributed by atoms with Crippen LogP contribution in [0.15, 0.2) is 84.9 Å². The molecule has 166 valence electrons. The highest BCUT2D eigenvalue weighted by atomic mass is 16.5. The van der Waals surface area contributed by atoms with Crippen molar-refractivity contribution in [1.29, 1.82) is 0 Å². The van der Waals surface area contributed by atoms with Crippen molar-refractivity contribution in [1.82, 2.24) is 0 Å². The molecule has 0 saturated carbocycles. The molecule has 0 atom stereocenters. The van der Waals surface area contributed by atoms with Crippen LogP contribution in [0.3, 0.4) is 0 Å². The zero-order valence-electron chi connectivity index (χ0n) is 18.3. The third-order valence-electron chi connectivity index (χ3n) is 5.26. The maximum absolute atomic E-state index is 12.9. The van der Waals surface area contributed by atoms with Crippen LogP contribution in [-0.2, 0) is 11.3 Å². The van der Waals surface area contributed by atoms with Crippen molar-refractivity contribution in [2.45, 2.75) is 6.61 Å². The van der Waals surface area contributed by atoms with E-state index in [0.717, 1.165) is 22.1 Å². The van der Waals surface area contributed by atoms with Crippen LogP contribution < -0.4 is 14.8 Å². The number of hydrogen-bond donors (Lipinski definition) is 1. The Morgan fingerprint density at radius 2 is 1.58 bits per heavy atom. The molecule has 0 aliphatic heterocycles. The van der Waals surface area contributed by atoms with Gasteiger partial charge in [0, 0.05) is 16.5 Å². The van der Waals surface area contributed by atoms with Gasteiger partial charge in [-0.25, -0.2) is 4.79 Å². The molecule has 0 aliphatic rings. The molecule has 0 bridgehead atoms. The van der Waals surface area contributed by atoms with Crippen LogP contribution in [0, 0.1) is 0 Å². The molecule has 0 heterocycles. The van der Waals surface area contributed by atoms with Gasteiger partial charge in [-0.1, -0.05) is 48.5 Å². The molecule has 6 nitrogen and oxygen atoms in total. The normalized spacial score (nSPS) is 10.5. The molecule has 4 aromatic carbocycles. The number of amides is 1. The molecule has 0 aliphatic carbocycles. The topological polar surface area (TPSA) is 73.9 Å².